The van der Waals surface area contributed by atoms with Crippen LogP contribution < -0.4 is 10.6 Å². The van der Waals surface area contributed by atoms with Crippen LogP contribution in [0.3, 0.4) is 0 Å². The molecule has 5 rings (SSSR count). The van der Waals surface area contributed by atoms with E-state index in [1.807, 2.05) is 13.1 Å². The van der Waals surface area contributed by atoms with Gasteiger partial charge < -0.3 is 29.9 Å². The maximum Gasteiger partial charge on any atom is 0.206 e. The zero-order valence-corrected chi connectivity index (χ0v) is 22.2. The second kappa shape index (κ2) is 10.8. The molecule has 37 heavy (non-hydrogen) atoms. The van der Waals surface area contributed by atoms with Gasteiger partial charge in [-0.25, -0.2) is 9.97 Å². The Kier molecular flexibility index (Phi) is 7.50. The molecule has 3 N–H and O–H groups in total. The average molecular weight is 528 g/mol. The fourth-order valence-electron chi connectivity index (χ4n) is 5.54. The molecule has 0 bridgehead atoms. The third-order valence-electron chi connectivity index (χ3n) is 7.74. The lowest BCUT2D eigenvalue weighted by Gasteiger charge is -2.31. The van der Waals surface area contributed by atoms with Crippen molar-refractivity contribution in [3.63, 3.8) is 0 Å². The standard InChI is InChI=1S/C26H34ClN7O3/c1-15-4-6-16(7-5-15)12-34-24-19(31-26(34)33(2)21-13-37-14-22(21)36-3)9-20(25(28)32-35)30-23(24)17-8-18(27)11-29-10-17/h8-11,15-16,21-22,35H,4-7,12-14H2,1-3H3,(H2,28,32)/t15?,16?,21-,22-/m1/s1. The molecule has 1 saturated heterocycles. The Balaban J connectivity index is 1.71. The van der Waals surface area contributed by atoms with E-state index in [0.29, 0.717) is 41.1 Å². The minimum Gasteiger partial charge on any atom is -0.409 e. The van der Waals surface area contributed by atoms with E-state index in [9.17, 15) is 5.21 Å². The molecule has 10 nitrogen and oxygen atoms in total. The first-order chi connectivity index (χ1) is 17.9. The molecule has 0 unspecified atom stereocenters. The number of ether oxygens (including phenoxy) is 2. The van der Waals surface area contributed by atoms with Gasteiger partial charge in [-0.1, -0.05) is 36.5 Å². The molecule has 1 saturated carbocycles. The van der Waals surface area contributed by atoms with E-state index in [-0.39, 0.29) is 18.0 Å². The number of nitrogens with zero attached hydrogens (tertiary/aromatic N) is 6. The van der Waals surface area contributed by atoms with E-state index in [1.165, 1.54) is 25.7 Å². The molecule has 0 aromatic carbocycles. The Morgan fingerprint density at radius 3 is 2.73 bits per heavy atom. The van der Waals surface area contributed by atoms with Gasteiger partial charge in [0.1, 0.15) is 11.8 Å². The van der Waals surface area contributed by atoms with E-state index in [2.05, 4.69) is 26.5 Å². The van der Waals surface area contributed by atoms with E-state index >= 15 is 0 Å². The lowest BCUT2D eigenvalue weighted by atomic mass is 9.83. The molecule has 4 heterocycles. The summed E-state index contributed by atoms with van der Waals surface area (Å²) in [6.07, 6.45) is 8.03. The zero-order chi connectivity index (χ0) is 26.1. The molecule has 0 amide bonds. The molecule has 11 heteroatoms. The number of pyridine rings is 2. The van der Waals surface area contributed by atoms with Crippen molar-refractivity contribution in [2.45, 2.75) is 51.3 Å². The van der Waals surface area contributed by atoms with Crippen LogP contribution in [0.2, 0.25) is 5.02 Å². The number of halogens is 1. The van der Waals surface area contributed by atoms with Crippen molar-refractivity contribution in [3.05, 3.63) is 35.2 Å². The summed E-state index contributed by atoms with van der Waals surface area (Å²) >= 11 is 6.32. The van der Waals surface area contributed by atoms with Crippen LogP contribution in [0.25, 0.3) is 22.3 Å². The molecular formula is C26H34ClN7O3. The van der Waals surface area contributed by atoms with Gasteiger partial charge in [0, 0.05) is 38.7 Å². The molecule has 3 aromatic heterocycles. The number of amidine groups is 1. The fraction of sp³-hybridized carbons (Fsp3) is 0.538. The predicted molar refractivity (Wildman–Crippen MR) is 143 cm³/mol. The van der Waals surface area contributed by atoms with Crippen molar-refractivity contribution < 1.29 is 14.7 Å². The monoisotopic (exact) mass is 527 g/mol. The summed E-state index contributed by atoms with van der Waals surface area (Å²) in [6, 6.07) is 3.60. The first-order valence-electron chi connectivity index (χ1n) is 12.7. The van der Waals surface area contributed by atoms with Gasteiger partial charge in [-0.05, 0) is 36.8 Å². The third kappa shape index (κ3) is 5.10. The van der Waals surface area contributed by atoms with Crippen molar-refractivity contribution in [1.29, 1.82) is 0 Å². The molecule has 2 atom stereocenters. The van der Waals surface area contributed by atoms with Crippen LogP contribution in [0, 0.1) is 11.8 Å². The molecule has 2 aliphatic rings. The van der Waals surface area contributed by atoms with Gasteiger partial charge in [0.2, 0.25) is 5.95 Å². The lowest BCUT2D eigenvalue weighted by molar-refractivity contribution is 0.0770. The molecule has 3 aromatic rings. The lowest BCUT2D eigenvalue weighted by Crippen LogP contribution is -2.43. The third-order valence-corrected chi connectivity index (χ3v) is 7.95. The smallest absolute Gasteiger partial charge is 0.206 e. The van der Waals surface area contributed by atoms with Crippen molar-refractivity contribution in [3.8, 4) is 11.3 Å². The maximum atomic E-state index is 9.38. The van der Waals surface area contributed by atoms with Crippen LogP contribution in [-0.4, -0.2) is 70.1 Å². The summed E-state index contributed by atoms with van der Waals surface area (Å²) in [5.41, 5.74) is 9.25. The van der Waals surface area contributed by atoms with Crippen molar-refractivity contribution in [1.82, 2.24) is 19.5 Å². The molecule has 198 valence electrons. The van der Waals surface area contributed by atoms with E-state index < -0.39 is 0 Å². The fourth-order valence-corrected chi connectivity index (χ4v) is 5.71. The first-order valence-corrected chi connectivity index (χ1v) is 13.1. The van der Waals surface area contributed by atoms with Gasteiger partial charge in [0.05, 0.1) is 41.0 Å². The first kappa shape index (κ1) is 25.7. The van der Waals surface area contributed by atoms with E-state index in [0.717, 1.165) is 29.5 Å². The van der Waals surface area contributed by atoms with Crippen molar-refractivity contribution in [2.24, 2.45) is 22.7 Å². The summed E-state index contributed by atoms with van der Waals surface area (Å²) < 4.78 is 13.7. The minimum atomic E-state index is -0.0903. The number of rotatable bonds is 7. The average Bonchev–Trinajstić information content (AvgIpc) is 3.53. The number of oxime groups is 1. The second-order valence-corrected chi connectivity index (χ2v) is 10.7. The molecule has 1 aliphatic heterocycles. The normalized spacial score (nSPS) is 24.6. The number of anilines is 1. The van der Waals surface area contributed by atoms with Crippen LogP contribution in [0.5, 0.6) is 0 Å². The second-order valence-electron chi connectivity index (χ2n) is 10.2. The highest BCUT2D eigenvalue weighted by Gasteiger charge is 2.35. The van der Waals surface area contributed by atoms with Crippen molar-refractivity contribution in [2.75, 3.05) is 32.3 Å². The Bertz CT molecular complexity index is 1290. The number of aromatic nitrogens is 4. The highest BCUT2D eigenvalue weighted by molar-refractivity contribution is 6.30. The van der Waals surface area contributed by atoms with Gasteiger partial charge in [0.15, 0.2) is 5.84 Å². The number of imidazole rings is 1. The number of methoxy groups -OCH3 is 1. The van der Waals surface area contributed by atoms with Crippen LogP contribution >= 0.6 is 11.6 Å². The topological polar surface area (TPSA) is 124 Å². The molecule has 0 spiro atoms. The van der Waals surface area contributed by atoms with Gasteiger partial charge in [-0.3, -0.25) is 4.98 Å². The Hall–Kier alpha value is -2.95. The molecule has 1 aliphatic carbocycles. The Morgan fingerprint density at radius 1 is 1.24 bits per heavy atom. The number of fused-ring (bicyclic) bond motifs is 1. The van der Waals surface area contributed by atoms with E-state index in [4.69, 9.17) is 36.8 Å². The SMILES string of the molecule is CO[C@@H]1COC[C@H]1N(C)c1nc2cc(C(N)=NO)nc(-c3cncc(Cl)c3)c2n1CC1CCC(C)CC1. The predicted octanol–water partition coefficient (Wildman–Crippen LogP) is 3.92. The molecular weight excluding hydrogens is 494 g/mol. The Labute approximate surface area is 221 Å². The van der Waals surface area contributed by atoms with Crippen LogP contribution in [-0.2, 0) is 16.0 Å². The quantitative estimate of drug-likeness (QED) is 0.205. The van der Waals surface area contributed by atoms with Gasteiger partial charge in [-0.15, -0.1) is 0 Å². The number of nitrogens with two attached hydrogens (primary N) is 1. The number of hydrogen-bond donors (Lipinski definition) is 2. The van der Waals surface area contributed by atoms with Gasteiger partial charge in [0.25, 0.3) is 0 Å². The summed E-state index contributed by atoms with van der Waals surface area (Å²) in [7, 11) is 3.74. The summed E-state index contributed by atoms with van der Waals surface area (Å²) in [6.45, 7) is 4.23. The van der Waals surface area contributed by atoms with Crippen LogP contribution in [0.15, 0.2) is 29.7 Å². The summed E-state index contributed by atoms with van der Waals surface area (Å²) in [5.74, 6) is 2.00. The highest BCUT2D eigenvalue weighted by atomic mass is 35.5. The largest absolute Gasteiger partial charge is 0.409 e. The van der Waals surface area contributed by atoms with Gasteiger partial charge >= 0.3 is 0 Å². The number of likely N-dealkylation sites (N-methyl/N-ethyl adjacent to an activating group) is 1. The highest BCUT2D eigenvalue weighted by Crippen LogP contribution is 2.36. The molecule has 0 radical (unpaired) electrons. The van der Waals surface area contributed by atoms with Gasteiger partial charge in [-0.2, -0.15) is 0 Å². The van der Waals surface area contributed by atoms with E-state index in [1.54, 1.807) is 25.6 Å². The number of hydrogen-bond acceptors (Lipinski definition) is 8. The van der Waals surface area contributed by atoms with Crippen molar-refractivity contribution >= 4 is 34.4 Å². The summed E-state index contributed by atoms with van der Waals surface area (Å²) in [5, 5.41) is 13.1. The maximum absolute atomic E-state index is 9.38. The molecule has 2 fully saturated rings. The Morgan fingerprint density at radius 2 is 2.03 bits per heavy atom. The minimum absolute atomic E-state index is 0.0136. The zero-order valence-electron chi connectivity index (χ0n) is 21.5. The summed E-state index contributed by atoms with van der Waals surface area (Å²) in [4.78, 5) is 16.3. The van der Waals surface area contributed by atoms with Crippen LogP contribution in [0.1, 0.15) is 38.3 Å². The van der Waals surface area contributed by atoms with Crippen LogP contribution in [0.4, 0.5) is 5.95 Å².